The van der Waals surface area contributed by atoms with Gasteiger partial charge in [-0.15, -0.1) is 0 Å². The Labute approximate surface area is 179 Å². The summed E-state index contributed by atoms with van der Waals surface area (Å²) in [6, 6.07) is 8.47. The monoisotopic (exact) mass is 469 g/mol. The molecule has 11 nitrogen and oxygen atoms in total. The average Bonchev–Trinajstić information content (AvgIpc) is 3.29. The normalized spacial score (nSPS) is 23.9. The summed E-state index contributed by atoms with van der Waals surface area (Å²) in [7, 11) is 0. The second-order valence-corrected chi connectivity index (χ2v) is 9.24. The molecule has 0 spiro atoms. The Morgan fingerprint density at radius 2 is 2.03 bits per heavy atom. The second kappa shape index (κ2) is 8.63. The molecule has 1 aliphatic heterocycles. The average molecular weight is 469 g/mol. The number of fused-ring (bicyclic) bond motifs is 1. The highest BCUT2D eigenvalue weighted by molar-refractivity contribution is 8.06. The van der Waals surface area contributed by atoms with Gasteiger partial charge in [0.15, 0.2) is 29.4 Å². The zero-order valence-corrected chi connectivity index (χ0v) is 17.4. The fourth-order valence-electron chi connectivity index (χ4n) is 3.25. The van der Waals surface area contributed by atoms with Crippen LogP contribution in [0.25, 0.3) is 11.2 Å². The molecule has 0 radical (unpaired) electrons. The van der Waals surface area contributed by atoms with Crippen LogP contribution < -0.4 is 5.32 Å². The molecular weight excluding hydrogens is 452 g/mol. The van der Waals surface area contributed by atoms with Crippen molar-refractivity contribution in [3.63, 3.8) is 0 Å². The van der Waals surface area contributed by atoms with Crippen LogP contribution in [0.3, 0.4) is 0 Å². The molecule has 4 N–H and O–H groups in total. The van der Waals surface area contributed by atoms with Crippen molar-refractivity contribution in [3.05, 3.63) is 48.5 Å². The number of hydrogen-bond donors (Lipinski definition) is 4. The van der Waals surface area contributed by atoms with E-state index < -0.39 is 43.8 Å². The molecule has 1 amide bonds. The molecule has 1 saturated heterocycles. The Morgan fingerprint density at radius 1 is 1.29 bits per heavy atom. The van der Waals surface area contributed by atoms with Crippen LogP contribution in [0.5, 0.6) is 0 Å². The first-order valence-corrected chi connectivity index (χ1v) is 11.6. The maximum atomic E-state index is 15.1. The van der Waals surface area contributed by atoms with Crippen LogP contribution in [0.2, 0.25) is 0 Å². The van der Waals surface area contributed by atoms with E-state index >= 15 is 4.39 Å². The van der Waals surface area contributed by atoms with Crippen molar-refractivity contribution in [1.82, 2.24) is 19.5 Å². The molecule has 1 aromatic carbocycles. The molecule has 31 heavy (non-hydrogen) atoms. The summed E-state index contributed by atoms with van der Waals surface area (Å²) in [5.74, 6) is -0.306. The first kappa shape index (κ1) is 21.8. The number of hydrogen-bond acceptors (Lipinski definition) is 8. The Bertz CT molecular complexity index is 1140. The number of imidazole rings is 1. The number of carbonyl (C=O) groups is 1. The highest BCUT2D eigenvalue weighted by atomic mass is 32.5. The molecule has 0 saturated carbocycles. The summed E-state index contributed by atoms with van der Waals surface area (Å²) >= 11 is 4.40. The van der Waals surface area contributed by atoms with Gasteiger partial charge in [0.1, 0.15) is 18.5 Å². The van der Waals surface area contributed by atoms with E-state index in [-0.39, 0.29) is 17.0 Å². The fraction of sp³-hybridized carbons (Fsp3) is 0.294. The Balaban J connectivity index is 1.63. The van der Waals surface area contributed by atoms with E-state index in [4.69, 9.17) is 9.26 Å². The minimum Gasteiger partial charge on any atom is -0.394 e. The number of nitrogens with zero attached hydrogens (tertiary/aromatic N) is 4. The van der Waals surface area contributed by atoms with Crippen LogP contribution in [-0.4, -0.2) is 65.3 Å². The van der Waals surface area contributed by atoms with Crippen molar-refractivity contribution in [1.29, 1.82) is 0 Å². The Hall–Kier alpha value is -2.38. The number of carbonyl (C=O) groups excluding carboxylic acids is 1. The van der Waals surface area contributed by atoms with E-state index in [0.717, 1.165) is 0 Å². The molecule has 3 aromatic rings. The largest absolute Gasteiger partial charge is 0.394 e. The number of rotatable bonds is 6. The van der Waals surface area contributed by atoms with Gasteiger partial charge in [-0.1, -0.05) is 18.2 Å². The standard InChI is InChI=1S/C17H17FN5O6PS/c18-11-13(29-30(26,27)31)10(6-24)28-17(11)23-8-21-12-14(19-7-20-15(12)23)22-16(25)9-4-2-1-3-5-9/h1-5,7-8,10-11,13,17,24H,6H2,(H2,26,27,31)(H,19,20,22,25)/t10-,11-,13-,17-/m1/s1. The molecule has 0 unspecified atom stereocenters. The minimum atomic E-state index is -4.20. The van der Waals surface area contributed by atoms with Crippen LogP contribution in [0, 0.1) is 0 Å². The second-order valence-electron chi connectivity index (χ2n) is 6.62. The predicted molar refractivity (Wildman–Crippen MR) is 109 cm³/mol. The quantitative estimate of drug-likeness (QED) is 0.383. The van der Waals surface area contributed by atoms with Crippen LogP contribution in [0.15, 0.2) is 43.0 Å². The van der Waals surface area contributed by atoms with Crippen LogP contribution in [0.1, 0.15) is 16.6 Å². The third-order valence-corrected chi connectivity index (χ3v) is 5.38. The number of benzene rings is 1. The van der Waals surface area contributed by atoms with Crippen LogP contribution >= 0.6 is 6.72 Å². The van der Waals surface area contributed by atoms with Crippen LogP contribution in [0.4, 0.5) is 10.2 Å². The van der Waals surface area contributed by atoms with Gasteiger partial charge in [0.05, 0.1) is 12.9 Å². The summed E-state index contributed by atoms with van der Waals surface area (Å²) < 4.78 is 26.6. The molecule has 14 heteroatoms. The lowest BCUT2D eigenvalue weighted by atomic mass is 10.1. The molecule has 0 aliphatic carbocycles. The zero-order valence-electron chi connectivity index (χ0n) is 15.6. The number of aliphatic hydroxyl groups is 1. The molecule has 2 aromatic heterocycles. The molecule has 1 fully saturated rings. The summed E-state index contributed by atoms with van der Waals surface area (Å²) in [5, 5.41) is 12.1. The molecule has 164 valence electrons. The topological polar surface area (TPSA) is 152 Å². The maximum absolute atomic E-state index is 15.1. The summed E-state index contributed by atoms with van der Waals surface area (Å²) in [6.07, 6.45) is -3.57. The van der Waals surface area contributed by atoms with Gasteiger partial charge in [-0.3, -0.25) is 13.9 Å². The smallest absolute Gasteiger partial charge is 0.322 e. The number of aliphatic hydroxyl groups excluding tert-OH is 1. The molecule has 0 bridgehead atoms. The van der Waals surface area contributed by atoms with Crippen molar-refractivity contribution in [2.75, 3.05) is 11.9 Å². The summed E-state index contributed by atoms with van der Waals surface area (Å²) in [6.45, 7) is -4.85. The Kier molecular flexibility index (Phi) is 6.08. The lowest BCUT2D eigenvalue weighted by Crippen LogP contribution is -2.33. The molecule has 1 aliphatic rings. The first-order chi connectivity index (χ1) is 14.8. The number of alkyl halides is 1. The zero-order chi connectivity index (χ0) is 22.2. The van der Waals surface area contributed by atoms with Gasteiger partial charge in [0.25, 0.3) is 5.91 Å². The van der Waals surface area contributed by atoms with Gasteiger partial charge in [-0.25, -0.2) is 19.3 Å². The Morgan fingerprint density at radius 3 is 2.71 bits per heavy atom. The highest BCUT2D eigenvalue weighted by Gasteiger charge is 2.49. The van der Waals surface area contributed by atoms with Crippen molar-refractivity contribution >= 4 is 41.4 Å². The van der Waals surface area contributed by atoms with E-state index in [9.17, 15) is 19.7 Å². The number of ether oxygens (including phenoxy) is 1. The number of halogens is 1. The van der Waals surface area contributed by atoms with Crippen molar-refractivity contribution in [2.24, 2.45) is 0 Å². The van der Waals surface area contributed by atoms with Gasteiger partial charge >= 0.3 is 6.72 Å². The number of nitrogens with one attached hydrogen (secondary N) is 1. The lowest BCUT2D eigenvalue weighted by molar-refractivity contribution is -0.0443. The lowest BCUT2D eigenvalue weighted by Gasteiger charge is -2.20. The van der Waals surface area contributed by atoms with Crippen molar-refractivity contribution < 1.29 is 33.3 Å². The van der Waals surface area contributed by atoms with Crippen molar-refractivity contribution in [2.45, 2.75) is 24.6 Å². The minimum absolute atomic E-state index is 0.110. The van der Waals surface area contributed by atoms with Crippen molar-refractivity contribution in [3.8, 4) is 0 Å². The highest BCUT2D eigenvalue weighted by Crippen LogP contribution is 2.45. The van der Waals surface area contributed by atoms with E-state index in [1.807, 2.05) is 0 Å². The molecule has 4 rings (SSSR count). The SMILES string of the molecule is O=C(Nc1ncnc2c1ncn2[C@@H]1O[C@H](CO)[C@@H](OP(O)(O)=S)[C@H]1F)c1ccccc1. The van der Waals surface area contributed by atoms with Gasteiger partial charge in [0.2, 0.25) is 0 Å². The van der Waals surface area contributed by atoms with E-state index in [1.54, 1.807) is 30.3 Å². The number of anilines is 1. The number of aromatic nitrogens is 4. The third kappa shape index (κ3) is 4.48. The predicted octanol–water partition coefficient (Wildman–Crippen LogP) is 0.901. The third-order valence-electron chi connectivity index (χ3n) is 4.61. The molecular formula is C17H17FN5O6PS. The van der Waals surface area contributed by atoms with Crippen LogP contribution in [-0.2, 0) is 21.1 Å². The summed E-state index contributed by atoms with van der Waals surface area (Å²) in [4.78, 5) is 43.5. The molecule has 3 heterocycles. The van der Waals surface area contributed by atoms with Gasteiger partial charge in [0, 0.05) is 5.56 Å². The van der Waals surface area contributed by atoms with E-state index in [1.165, 1.54) is 17.2 Å². The fourth-order valence-corrected chi connectivity index (χ4v) is 4.12. The van der Waals surface area contributed by atoms with Gasteiger partial charge in [-0.2, -0.15) is 0 Å². The van der Waals surface area contributed by atoms with E-state index in [0.29, 0.717) is 5.56 Å². The first-order valence-electron chi connectivity index (χ1n) is 8.97. The van der Waals surface area contributed by atoms with E-state index in [2.05, 4.69) is 32.1 Å². The number of amides is 1. The maximum Gasteiger partial charge on any atom is 0.322 e. The molecule has 4 atom stereocenters. The summed E-state index contributed by atoms with van der Waals surface area (Å²) in [5.41, 5.74) is 0.740. The van der Waals surface area contributed by atoms with Gasteiger partial charge in [-0.05, 0) is 23.9 Å². The van der Waals surface area contributed by atoms with Gasteiger partial charge < -0.3 is 24.9 Å².